The van der Waals surface area contributed by atoms with E-state index in [1.807, 2.05) is 0 Å². The van der Waals surface area contributed by atoms with Crippen molar-refractivity contribution in [2.24, 2.45) is 0 Å². The van der Waals surface area contributed by atoms with Crippen molar-refractivity contribution >= 4 is 29.0 Å². The minimum absolute atomic E-state index is 0.166. The predicted molar refractivity (Wildman–Crippen MR) is 99.8 cm³/mol. The molecule has 1 N–H and O–H groups in total. The maximum absolute atomic E-state index is 12.6. The van der Waals surface area contributed by atoms with Gasteiger partial charge in [0.1, 0.15) is 28.2 Å². The molecule has 27 heavy (non-hydrogen) atoms. The van der Waals surface area contributed by atoms with E-state index in [9.17, 15) is 20.2 Å². The maximum Gasteiger partial charge on any atom is 0.271 e. The SMILES string of the molecule is COc1ccc([N+](=O)[O-])cc1NC(=O)C(C)Sc1nc(C)nc(C)c1C#N. The number of rotatable bonds is 6. The second-order valence-corrected chi connectivity index (χ2v) is 6.87. The Morgan fingerprint density at radius 3 is 2.70 bits per heavy atom. The van der Waals surface area contributed by atoms with Crippen molar-refractivity contribution in [1.82, 2.24) is 9.97 Å². The number of nitro groups is 1. The van der Waals surface area contributed by atoms with Gasteiger partial charge in [0.2, 0.25) is 5.91 Å². The number of methoxy groups -OCH3 is 1. The molecule has 0 aliphatic heterocycles. The molecule has 0 aliphatic rings. The van der Waals surface area contributed by atoms with Crippen LogP contribution in [-0.2, 0) is 4.79 Å². The molecule has 1 unspecified atom stereocenters. The van der Waals surface area contributed by atoms with Gasteiger partial charge < -0.3 is 10.1 Å². The number of aryl methyl sites for hydroxylation is 2. The molecule has 0 aliphatic carbocycles. The van der Waals surface area contributed by atoms with Crippen LogP contribution in [0.5, 0.6) is 5.75 Å². The fourth-order valence-electron chi connectivity index (χ4n) is 2.26. The number of ether oxygens (including phenoxy) is 1. The van der Waals surface area contributed by atoms with Gasteiger partial charge in [0.25, 0.3) is 5.69 Å². The van der Waals surface area contributed by atoms with Crippen molar-refractivity contribution < 1.29 is 14.5 Å². The molecule has 0 radical (unpaired) electrons. The molecular formula is C17H17N5O4S. The summed E-state index contributed by atoms with van der Waals surface area (Å²) in [5, 5.41) is 22.7. The van der Waals surface area contributed by atoms with E-state index in [1.54, 1.807) is 20.8 Å². The largest absolute Gasteiger partial charge is 0.495 e. The van der Waals surface area contributed by atoms with E-state index >= 15 is 0 Å². The zero-order valence-corrected chi connectivity index (χ0v) is 16.0. The Bertz CT molecular complexity index is 942. The number of hydrogen-bond acceptors (Lipinski definition) is 8. The van der Waals surface area contributed by atoms with Crippen LogP contribution in [0.15, 0.2) is 23.2 Å². The Labute approximate surface area is 159 Å². The van der Waals surface area contributed by atoms with Crippen molar-refractivity contribution in [2.45, 2.75) is 31.0 Å². The minimum Gasteiger partial charge on any atom is -0.495 e. The minimum atomic E-state index is -0.616. The first-order valence-corrected chi connectivity index (χ1v) is 8.70. The number of carbonyl (C=O) groups is 1. The van der Waals surface area contributed by atoms with Crippen LogP contribution in [0.3, 0.4) is 0 Å². The number of carbonyl (C=O) groups excluding carboxylic acids is 1. The van der Waals surface area contributed by atoms with Gasteiger partial charge in [-0.1, -0.05) is 11.8 Å². The van der Waals surface area contributed by atoms with Gasteiger partial charge in [-0.2, -0.15) is 5.26 Å². The van der Waals surface area contributed by atoms with Crippen LogP contribution in [-0.4, -0.2) is 33.2 Å². The Kier molecular flexibility index (Phi) is 6.31. The molecule has 1 aromatic carbocycles. The lowest BCUT2D eigenvalue weighted by atomic mass is 10.2. The molecule has 10 heteroatoms. The van der Waals surface area contributed by atoms with Gasteiger partial charge in [0.15, 0.2) is 0 Å². The molecular weight excluding hydrogens is 370 g/mol. The smallest absolute Gasteiger partial charge is 0.271 e. The van der Waals surface area contributed by atoms with Crippen LogP contribution in [0.4, 0.5) is 11.4 Å². The summed E-state index contributed by atoms with van der Waals surface area (Å²) in [5.41, 5.74) is 0.888. The second kappa shape index (κ2) is 8.46. The zero-order chi connectivity index (χ0) is 20.1. The van der Waals surface area contributed by atoms with Crippen molar-refractivity contribution in [1.29, 1.82) is 5.26 Å². The molecule has 0 saturated carbocycles. The first-order chi connectivity index (χ1) is 12.8. The fourth-order valence-corrected chi connectivity index (χ4v) is 3.25. The predicted octanol–water partition coefficient (Wildman–Crippen LogP) is 3.00. The number of nitrogens with one attached hydrogen (secondary N) is 1. The van der Waals surface area contributed by atoms with E-state index in [2.05, 4.69) is 21.4 Å². The quantitative estimate of drug-likeness (QED) is 0.346. The summed E-state index contributed by atoms with van der Waals surface area (Å²) in [6.45, 7) is 5.06. The molecule has 2 rings (SSSR count). The summed E-state index contributed by atoms with van der Waals surface area (Å²) in [6.07, 6.45) is 0. The number of benzene rings is 1. The molecule has 1 aromatic heterocycles. The van der Waals surface area contributed by atoms with Crippen LogP contribution < -0.4 is 10.1 Å². The van der Waals surface area contributed by atoms with Crippen molar-refractivity contribution in [3.05, 3.63) is 45.4 Å². The molecule has 1 atom stereocenters. The van der Waals surface area contributed by atoms with Crippen LogP contribution in [0.1, 0.15) is 24.0 Å². The first kappa shape index (κ1) is 20.1. The summed E-state index contributed by atoms with van der Waals surface area (Å²) in [7, 11) is 1.40. The van der Waals surface area contributed by atoms with Crippen LogP contribution in [0.2, 0.25) is 0 Å². The molecule has 0 fully saturated rings. The van der Waals surface area contributed by atoms with Crippen molar-refractivity contribution in [2.75, 3.05) is 12.4 Å². The van der Waals surface area contributed by atoms with E-state index in [-0.39, 0.29) is 11.4 Å². The Morgan fingerprint density at radius 1 is 1.41 bits per heavy atom. The van der Waals surface area contributed by atoms with Gasteiger partial charge in [-0.3, -0.25) is 14.9 Å². The summed E-state index contributed by atoms with van der Waals surface area (Å²) in [4.78, 5) is 31.3. The van der Waals surface area contributed by atoms with Crippen LogP contribution in [0.25, 0.3) is 0 Å². The number of amides is 1. The van der Waals surface area contributed by atoms with Crippen molar-refractivity contribution in [3.8, 4) is 11.8 Å². The molecule has 1 amide bonds. The molecule has 1 heterocycles. The van der Waals surface area contributed by atoms with Gasteiger partial charge >= 0.3 is 0 Å². The standard InChI is InChI=1S/C17H17N5O4S/c1-9-13(8-18)17(20-11(3)19-9)27-10(2)16(23)21-14-7-12(22(24)25)5-6-15(14)26-4/h5-7,10H,1-4H3,(H,21,23). The highest BCUT2D eigenvalue weighted by Crippen LogP contribution is 2.31. The normalized spacial score (nSPS) is 11.4. The number of nitriles is 1. The molecule has 2 aromatic rings. The lowest BCUT2D eigenvalue weighted by molar-refractivity contribution is -0.384. The number of nitro benzene ring substituents is 1. The Balaban J connectivity index is 2.24. The third kappa shape index (κ3) is 4.71. The highest BCUT2D eigenvalue weighted by molar-refractivity contribution is 8.00. The lowest BCUT2D eigenvalue weighted by Crippen LogP contribution is -2.23. The lowest BCUT2D eigenvalue weighted by Gasteiger charge is -2.15. The van der Waals surface area contributed by atoms with E-state index in [4.69, 9.17) is 4.74 Å². The van der Waals surface area contributed by atoms with Crippen LogP contribution in [0, 0.1) is 35.3 Å². The number of hydrogen-bond donors (Lipinski definition) is 1. The van der Waals surface area contributed by atoms with Gasteiger partial charge in [-0.25, -0.2) is 9.97 Å². The topological polar surface area (TPSA) is 131 Å². The first-order valence-electron chi connectivity index (χ1n) is 7.82. The monoisotopic (exact) mass is 387 g/mol. The number of aromatic nitrogens is 2. The fraction of sp³-hybridized carbons (Fsp3) is 0.294. The van der Waals surface area contributed by atoms with E-state index in [0.717, 1.165) is 11.8 Å². The number of nitrogens with zero attached hydrogens (tertiary/aromatic N) is 4. The highest BCUT2D eigenvalue weighted by atomic mass is 32.2. The van der Waals surface area contributed by atoms with Gasteiger partial charge in [-0.15, -0.1) is 0 Å². The van der Waals surface area contributed by atoms with E-state index in [0.29, 0.717) is 27.9 Å². The Hall–Kier alpha value is -3.19. The average molecular weight is 387 g/mol. The highest BCUT2D eigenvalue weighted by Gasteiger charge is 2.21. The summed E-state index contributed by atoms with van der Waals surface area (Å²) < 4.78 is 5.14. The van der Waals surface area contributed by atoms with Crippen LogP contribution >= 0.6 is 11.8 Å². The molecule has 9 nitrogen and oxygen atoms in total. The molecule has 0 spiro atoms. The van der Waals surface area contributed by atoms with E-state index in [1.165, 1.54) is 25.3 Å². The van der Waals surface area contributed by atoms with Crippen molar-refractivity contribution in [3.63, 3.8) is 0 Å². The maximum atomic E-state index is 12.6. The molecule has 0 bridgehead atoms. The Morgan fingerprint density at radius 2 is 2.11 bits per heavy atom. The van der Waals surface area contributed by atoms with Gasteiger partial charge in [0.05, 0.1) is 28.7 Å². The third-order valence-corrected chi connectivity index (χ3v) is 4.68. The number of non-ortho nitro benzene ring substituents is 1. The molecule has 0 saturated heterocycles. The number of thioether (sulfide) groups is 1. The van der Waals surface area contributed by atoms with E-state index < -0.39 is 16.1 Å². The third-order valence-electron chi connectivity index (χ3n) is 3.59. The molecule has 140 valence electrons. The second-order valence-electron chi connectivity index (χ2n) is 5.54. The summed E-state index contributed by atoms with van der Waals surface area (Å²) in [5.74, 6) is 0.399. The summed E-state index contributed by atoms with van der Waals surface area (Å²) in [6, 6.07) is 5.98. The van der Waals surface area contributed by atoms with Gasteiger partial charge in [-0.05, 0) is 26.8 Å². The number of anilines is 1. The average Bonchev–Trinajstić information content (AvgIpc) is 2.61. The van der Waals surface area contributed by atoms with Gasteiger partial charge in [0, 0.05) is 12.1 Å². The summed E-state index contributed by atoms with van der Waals surface area (Å²) >= 11 is 1.11. The zero-order valence-electron chi connectivity index (χ0n) is 15.1.